The number of hydrogen-bond donors (Lipinski definition) is 2. The molecule has 1 saturated heterocycles. The molecule has 0 unspecified atom stereocenters. The molecule has 3 aromatic rings. The van der Waals surface area contributed by atoms with Crippen molar-refractivity contribution >= 4 is 32.9 Å². The first-order valence-corrected chi connectivity index (χ1v) is 13.1. The second kappa shape index (κ2) is 10.4. The van der Waals surface area contributed by atoms with Gasteiger partial charge in [0.15, 0.2) is 21.3 Å². The number of rotatable bonds is 8. The number of carbonyl (C=O) groups is 1. The van der Waals surface area contributed by atoms with Crippen LogP contribution in [0.4, 0.5) is 0 Å². The topological polar surface area (TPSA) is 120 Å². The average Bonchev–Trinajstić information content (AvgIpc) is 3.25. The van der Waals surface area contributed by atoms with Crippen LogP contribution in [0, 0.1) is 0 Å². The van der Waals surface area contributed by atoms with Gasteiger partial charge < -0.3 is 24.5 Å². The van der Waals surface area contributed by atoms with Crippen molar-refractivity contribution in [2.24, 2.45) is 0 Å². The van der Waals surface area contributed by atoms with Gasteiger partial charge in [0.05, 0.1) is 38.0 Å². The third-order valence-corrected chi connectivity index (χ3v) is 7.74. The van der Waals surface area contributed by atoms with Gasteiger partial charge in [-0.25, -0.2) is 13.4 Å². The normalized spacial score (nSPS) is 16.8. The highest BCUT2D eigenvalue weighted by Crippen LogP contribution is 2.30. The van der Waals surface area contributed by atoms with E-state index in [2.05, 4.69) is 15.3 Å². The van der Waals surface area contributed by atoms with Gasteiger partial charge in [0, 0.05) is 23.2 Å². The number of nitrogens with one attached hydrogen (secondary N) is 2. The summed E-state index contributed by atoms with van der Waals surface area (Å²) in [6.07, 6.45) is 7.37. The summed E-state index contributed by atoms with van der Waals surface area (Å²) in [4.78, 5) is 20.0. The van der Waals surface area contributed by atoms with E-state index in [0.717, 1.165) is 16.5 Å². The molecule has 1 fully saturated rings. The summed E-state index contributed by atoms with van der Waals surface area (Å²) in [5.41, 5.74) is 2.35. The van der Waals surface area contributed by atoms with E-state index >= 15 is 0 Å². The number of H-pyrrole nitrogens is 1. The molecule has 4 rings (SSSR count). The van der Waals surface area contributed by atoms with Crippen LogP contribution in [0.25, 0.3) is 17.1 Å². The van der Waals surface area contributed by atoms with Crippen molar-refractivity contribution in [1.29, 1.82) is 0 Å². The number of nitrogens with zero attached hydrogens (tertiary/aromatic N) is 1. The van der Waals surface area contributed by atoms with Crippen LogP contribution in [0.3, 0.4) is 0 Å². The number of amides is 1. The highest BCUT2D eigenvalue weighted by Gasteiger charge is 2.25. The zero-order valence-electron chi connectivity index (χ0n) is 19.9. The Balaban J connectivity index is 1.42. The lowest BCUT2D eigenvalue weighted by molar-refractivity contribution is -0.117. The number of pyridine rings is 1. The predicted molar refractivity (Wildman–Crippen MR) is 134 cm³/mol. The van der Waals surface area contributed by atoms with E-state index < -0.39 is 9.84 Å². The Morgan fingerprint density at radius 1 is 1.17 bits per heavy atom. The van der Waals surface area contributed by atoms with E-state index in [-0.39, 0.29) is 29.6 Å². The predicted octanol–water partition coefficient (Wildman–Crippen LogP) is 3.43. The van der Waals surface area contributed by atoms with E-state index in [0.29, 0.717) is 35.7 Å². The molecule has 1 aliphatic heterocycles. The number of aromatic amines is 1. The molecule has 0 bridgehead atoms. The molecule has 186 valence electrons. The van der Waals surface area contributed by atoms with Crippen LogP contribution in [0.15, 0.2) is 42.7 Å². The Morgan fingerprint density at radius 2 is 1.91 bits per heavy atom. The lowest BCUT2D eigenvalue weighted by Crippen LogP contribution is -2.30. The fourth-order valence-electron chi connectivity index (χ4n) is 4.02. The second-order valence-corrected chi connectivity index (χ2v) is 10.8. The number of methoxy groups -OCH3 is 2. The number of aromatic nitrogens is 2. The quantitative estimate of drug-likeness (QED) is 0.456. The number of sulfone groups is 1. The molecule has 3 heterocycles. The van der Waals surface area contributed by atoms with Crippen molar-refractivity contribution in [3.05, 3.63) is 53.9 Å². The fourth-order valence-corrected chi connectivity index (χ4v) is 5.47. The molecular weight excluding hydrogens is 470 g/mol. The zero-order chi connectivity index (χ0) is 25.0. The molecule has 35 heavy (non-hydrogen) atoms. The molecule has 0 spiro atoms. The maximum atomic E-state index is 12.6. The zero-order valence-corrected chi connectivity index (χ0v) is 20.7. The van der Waals surface area contributed by atoms with Gasteiger partial charge in [-0.1, -0.05) is 6.07 Å². The van der Waals surface area contributed by atoms with Crippen LogP contribution in [-0.4, -0.2) is 56.1 Å². The van der Waals surface area contributed by atoms with Gasteiger partial charge >= 0.3 is 0 Å². The van der Waals surface area contributed by atoms with E-state index in [4.69, 9.17) is 14.2 Å². The third kappa shape index (κ3) is 5.94. The Morgan fingerprint density at radius 3 is 2.63 bits per heavy atom. The summed E-state index contributed by atoms with van der Waals surface area (Å²) in [6, 6.07) is 7.13. The summed E-state index contributed by atoms with van der Waals surface area (Å²) >= 11 is 0. The molecule has 1 atom stereocenters. The van der Waals surface area contributed by atoms with Crippen molar-refractivity contribution < 1.29 is 27.4 Å². The highest BCUT2D eigenvalue weighted by atomic mass is 32.2. The van der Waals surface area contributed by atoms with Crippen molar-refractivity contribution in [2.45, 2.75) is 31.9 Å². The average molecular weight is 500 g/mol. The molecule has 0 saturated carbocycles. The molecule has 2 aromatic heterocycles. The second-order valence-electron chi connectivity index (χ2n) is 8.46. The molecule has 1 aliphatic rings. The van der Waals surface area contributed by atoms with Crippen molar-refractivity contribution in [3.63, 3.8) is 0 Å². The van der Waals surface area contributed by atoms with Gasteiger partial charge in [0.1, 0.15) is 17.5 Å². The molecule has 10 heteroatoms. The number of ether oxygens (including phenoxy) is 3. The Bertz CT molecular complexity index is 1330. The maximum absolute atomic E-state index is 12.6. The maximum Gasteiger partial charge on any atom is 0.244 e. The van der Waals surface area contributed by atoms with Crippen LogP contribution in [0.2, 0.25) is 0 Å². The van der Waals surface area contributed by atoms with Crippen molar-refractivity contribution in [2.75, 3.05) is 25.7 Å². The standard InChI is InChI=1S/C25H29N3O6S/c1-16(17-4-6-22(32-2)23(12-17)33-3)28-24(29)7-5-18-14-26-25-21(18)13-20(15-27-25)34-19-8-10-35(30,31)11-9-19/h4-7,12-16,19H,8-11H2,1-3H3,(H,26,27)(H,28,29)/b7-5+/t16-/m1/s1. The number of fused-ring (bicyclic) bond motifs is 1. The van der Waals surface area contributed by atoms with Crippen LogP contribution in [0.1, 0.15) is 36.9 Å². The monoisotopic (exact) mass is 499 g/mol. The largest absolute Gasteiger partial charge is 0.493 e. The first-order chi connectivity index (χ1) is 16.8. The lowest BCUT2D eigenvalue weighted by Gasteiger charge is -2.23. The van der Waals surface area contributed by atoms with Gasteiger partial charge in [-0.05, 0) is 49.6 Å². The van der Waals surface area contributed by atoms with Crippen molar-refractivity contribution in [3.8, 4) is 17.2 Å². The minimum Gasteiger partial charge on any atom is -0.493 e. The SMILES string of the molecule is COc1ccc([C@@H](C)NC(=O)/C=C/c2c[nH]c3ncc(OC4CCS(=O)(=O)CC4)cc23)cc1OC. The number of hydrogen-bond acceptors (Lipinski definition) is 7. The molecule has 1 aromatic carbocycles. The Kier molecular flexibility index (Phi) is 7.30. The first kappa shape index (κ1) is 24.6. The highest BCUT2D eigenvalue weighted by molar-refractivity contribution is 7.91. The summed E-state index contributed by atoms with van der Waals surface area (Å²) < 4.78 is 39.9. The van der Waals surface area contributed by atoms with Gasteiger partial charge in [-0.3, -0.25) is 4.79 Å². The summed E-state index contributed by atoms with van der Waals surface area (Å²) in [6.45, 7) is 1.89. The molecule has 0 radical (unpaired) electrons. The molecule has 2 N–H and O–H groups in total. The smallest absolute Gasteiger partial charge is 0.244 e. The fraction of sp³-hybridized carbons (Fsp3) is 0.360. The van der Waals surface area contributed by atoms with Crippen LogP contribution in [-0.2, 0) is 14.6 Å². The number of benzene rings is 1. The molecule has 1 amide bonds. The number of carbonyl (C=O) groups excluding carboxylic acids is 1. The minimum absolute atomic E-state index is 0.141. The van der Waals surface area contributed by atoms with E-state index in [9.17, 15) is 13.2 Å². The Hall–Kier alpha value is -3.53. The van der Waals surface area contributed by atoms with Crippen LogP contribution < -0.4 is 19.5 Å². The first-order valence-electron chi connectivity index (χ1n) is 11.3. The van der Waals surface area contributed by atoms with Gasteiger partial charge in [-0.15, -0.1) is 0 Å². The lowest BCUT2D eigenvalue weighted by atomic mass is 10.1. The molecule has 9 nitrogen and oxygen atoms in total. The molecular formula is C25H29N3O6S. The molecule has 0 aliphatic carbocycles. The summed E-state index contributed by atoms with van der Waals surface area (Å²) in [7, 11) is 0.195. The summed E-state index contributed by atoms with van der Waals surface area (Å²) in [5, 5.41) is 3.75. The van der Waals surface area contributed by atoms with Crippen LogP contribution in [0.5, 0.6) is 17.2 Å². The van der Waals surface area contributed by atoms with E-state index in [1.807, 2.05) is 25.1 Å². The van der Waals surface area contributed by atoms with E-state index in [1.165, 1.54) is 6.08 Å². The van der Waals surface area contributed by atoms with Gasteiger partial charge in [0.2, 0.25) is 5.91 Å². The minimum atomic E-state index is -2.95. The summed E-state index contributed by atoms with van der Waals surface area (Å²) in [5.74, 6) is 1.83. The van der Waals surface area contributed by atoms with E-state index in [1.54, 1.807) is 38.8 Å². The van der Waals surface area contributed by atoms with Crippen molar-refractivity contribution in [1.82, 2.24) is 15.3 Å². The Labute approximate surface area is 204 Å². The van der Waals surface area contributed by atoms with Gasteiger partial charge in [-0.2, -0.15) is 0 Å². The third-order valence-electron chi connectivity index (χ3n) is 6.02. The van der Waals surface area contributed by atoms with Crippen LogP contribution >= 0.6 is 0 Å². The van der Waals surface area contributed by atoms with Gasteiger partial charge in [0.25, 0.3) is 0 Å².